The van der Waals surface area contributed by atoms with Crippen molar-refractivity contribution in [1.82, 2.24) is 0 Å². The van der Waals surface area contributed by atoms with Crippen molar-refractivity contribution in [3.05, 3.63) is 0 Å². The van der Waals surface area contributed by atoms with Crippen LogP contribution in [0.5, 0.6) is 0 Å². The summed E-state index contributed by atoms with van der Waals surface area (Å²) in [7, 11) is -4.67. The molecular weight excluding hydrogens is 366 g/mol. The van der Waals surface area contributed by atoms with Crippen molar-refractivity contribution < 1.29 is 45.8 Å². The van der Waals surface area contributed by atoms with Crippen molar-refractivity contribution >= 4 is 38.3 Å². The van der Waals surface area contributed by atoms with E-state index in [1.165, 1.54) is 0 Å². The molecule has 0 atom stereocenters. The predicted molar refractivity (Wildman–Crippen MR) is 36.6 cm³/mol. The molecule has 0 spiro atoms. The topological polar surface area (TPSA) is 207 Å². The van der Waals surface area contributed by atoms with Gasteiger partial charge in [0.1, 0.15) is 0 Å². The molecule has 0 aliphatic carbocycles. The van der Waals surface area contributed by atoms with E-state index in [0.29, 0.717) is 0 Å². The van der Waals surface area contributed by atoms with Gasteiger partial charge in [-0.2, -0.15) is 8.42 Å². The predicted octanol–water partition coefficient (Wildman–Crippen LogP) is -4.00. The molecule has 14 heavy (non-hydrogen) atoms. The molecule has 0 aliphatic rings. The van der Waals surface area contributed by atoms with E-state index in [1.54, 1.807) is 0 Å². The van der Waals surface area contributed by atoms with Crippen molar-refractivity contribution in [3.8, 4) is 0 Å². The Balaban J connectivity index is -0.000000131. The van der Waals surface area contributed by atoms with E-state index in [9.17, 15) is 0 Å². The third-order valence-electron chi connectivity index (χ3n) is 0. The summed E-state index contributed by atoms with van der Waals surface area (Å²) in [6.45, 7) is 0. The molecule has 0 radical (unpaired) electrons. The Labute approximate surface area is 84.2 Å². The Morgan fingerprint density at radius 2 is 1.00 bits per heavy atom. The normalized spacial score (nSPS) is 10.8. The summed E-state index contributed by atoms with van der Waals surface area (Å²) in [5, 5.41) is 0. The van der Waals surface area contributed by atoms with Gasteiger partial charge in [0.05, 0.1) is 0 Å². The first-order chi connectivity index (χ1) is 5.73. The summed E-state index contributed by atoms with van der Waals surface area (Å²) in [5.74, 6) is 0. The molecule has 0 bridgehead atoms. The summed E-state index contributed by atoms with van der Waals surface area (Å²) in [6, 6.07) is 0. The first-order valence-electron chi connectivity index (χ1n) is 1.93. The molecule has 0 rings (SSSR count). The molecule has 6 N–H and O–H groups in total. The maximum atomic E-state index is 8.82. The van der Waals surface area contributed by atoms with Crippen LogP contribution in [0, 0.1) is 0 Å². The zero-order chi connectivity index (χ0) is 12.6. The Kier molecular flexibility index (Phi) is 11.9. The van der Waals surface area contributed by atoms with E-state index in [2.05, 4.69) is 0 Å². The van der Waals surface area contributed by atoms with Crippen LogP contribution < -0.4 is 0 Å². The van der Waals surface area contributed by atoms with Crippen LogP contribution >= 0.6 is 0 Å². The van der Waals surface area contributed by atoms with Crippen LogP contribution in [0.1, 0.15) is 0 Å². The summed E-state index contributed by atoms with van der Waals surface area (Å²) in [6.07, 6.45) is 0. The zero-order valence-corrected chi connectivity index (χ0v) is 10.2. The Hall–Kier alpha value is 0.149. The van der Waals surface area contributed by atoms with Gasteiger partial charge in [0.15, 0.2) is 0 Å². The van der Waals surface area contributed by atoms with Crippen molar-refractivity contribution in [2.45, 2.75) is 0 Å². The van der Waals surface area contributed by atoms with Crippen molar-refractivity contribution in [3.63, 3.8) is 0 Å². The van der Waals surface area contributed by atoms with Crippen molar-refractivity contribution in [2.75, 3.05) is 0 Å². The third-order valence-corrected chi connectivity index (χ3v) is 0. The Bertz CT molecular complexity index is 279. The van der Waals surface area contributed by atoms with E-state index in [0.717, 1.165) is 0 Å². The molecule has 90 valence electrons. The van der Waals surface area contributed by atoms with Crippen molar-refractivity contribution in [2.24, 2.45) is 0 Å². The molecule has 0 saturated carbocycles. The fraction of sp³-hybridized carbons (Fsp3) is 0. The van der Waals surface area contributed by atoms with E-state index < -0.39 is 38.3 Å². The Morgan fingerprint density at radius 1 is 1.00 bits per heavy atom. The quantitative estimate of drug-likeness (QED) is 0.178. The second kappa shape index (κ2) is 8.46. The minimum atomic E-state index is -5.25. The maximum absolute atomic E-state index is 8.82. The summed E-state index contributed by atoms with van der Waals surface area (Å²) in [4.78, 5) is 0. The van der Waals surface area contributed by atoms with Crippen LogP contribution in [0.2, 0.25) is 0 Å². The number of hydrogen-bond donors (Lipinski definition) is 6. The SMILES string of the molecule is O=S(=O)(O)O.O=[Se](=O)(O)O.O=[Se](O)O. The average molecular weight is 372 g/mol. The summed E-state index contributed by atoms with van der Waals surface area (Å²) >= 11 is -8.54. The van der Waals surface area contributed by atoms with Gasteiger partial charge in [-0.15, -0.1) is 0 Å². The van der Waals surface area contributed by atoms with Crippen LogP contribution in [0.4, 0.5) is 0 Å². The van der Waals surface area contributed by atoms with Gasteiger partial charge in [0.2, 0.25) is 0 Å². The second-order valence-electron chi connectivity index (χ2n) is 1.13. The molecule has 0 aromatic heterocycles. The van der Waals surface area contributed by atoms with E-state index in [4.69, 9.17) is 45.8 Å². The van der Waals surface area contributed by atoms with Gasteiger partial charge in [-0.25, -0.2) is 0 Å². The van der Waals surface area contributed by atoms with E-state index in [-0.39, 0.29) is 0 Å². The monoisotopic (exact) mass is 374 g/mol. The van der Waals surface area contributed by atoms with Gasteiger partial charge in [-0.3, -0.25) is 9.11 Å². The van der Waals surface area contributed by atoms with Gasteiger partial charge in [-0.1, -0.05) is 0 Å². The molecular formula is H6O11SSe2. The fourth-order valence-corrected chi connectivity index (χ4v) is 0. The fourth-order valence-electron chi connectivity index (χ4n) is 0. The number of rotatable bonds is 0. The molecule has 0 aromatic carbocycles. The van der Waals surface area contributed by atoms with Gasteiger partial charge in [0.25, 0.3) is 0 Å². The minimum absolute atomic E-state index is 3.29. The van der Waals surface area contributed by atoms with Gasteiger partial charge in [-0.05, 0) is 0 Å². The standard InChI is InChI=1S/H2O4S.H2O4Se.H2O3Se/c2*1-5(2,3)4;1-4(2)3/h2*(H2,1,2,3,4);(H2,1,2,3). The van der Waals surface area contributed by atoms with Gasteiger partial charge in [0, 0.05) is 0 Å². The third kappa shape index (κ3) is 68100. The zero-order valence-electron chi connectivity index (χ0n) is 5.95. The summed E-state index contributed by atoms with van der Waals surface area (Å²) < 4.78 is 86.6. The second-order valence-corrected chi connectivity index (χ2v) is 4.87. The molecule has 0 aliphatic heterocycles. The van der Waals surface area contributed by atoms with Crippen LogP contribution in [0.15, 0.2) is 0 Å². The average Bonchev–Trinajstić information content (AvgIpc) is 1.45. The molecule has 0 heterocycles. The van der Waals surface area contributed by atoms with Gasteiger partial charge < -0.3 is 0 Å². The molecule has 11 nitrogen and oxygen atoms in total. The van der Waals surface area contributed by atoms with Gasteiger partial charge >= 0.3 is 66.5 Å². The van der Waals surface area contributed by atoms with Crippen LogP contribution in [0.25, 0.3) is 0 Å². The van der Waals surface area contributed by atoms with Crippen molar-refractivity contribution in [1.29, 1.82) is 0 Å². The van der Waals surface area contributed by atoms with Crippen LogP contribution in [0.3, 0.4) is 0 Å². The first kappa shape index (κ1) is 19.7. The van der Waals surface area contributed by atoms with E-state index in [1.807, 2.05) is 0 Å². The Morgan fingerprint density at radius 3 is 1.00 bits per heavy atom. The summed E-state index contributed by atoms with van der Waals surface area (Å²) in [5.41, 5.74) is 0. The molecule has 0 fully saturated rings. The molecule has 14 heteroatoms. The van der Waals surface area contributed by atoms with E-state index >= 15 is 0 Å². The van der Waals surface area contributed by atoms with Crippen LogP contribution in [-0.4, -0.2) is 62.1 Å². The molecule has 0 amide bonds. The first-order valence-corrected chi connectivity index (χ1v) is 8.49. The number of hydrogen-bond acceptors (Lipinski definition) is 5. The molecule has 0 unspecified atom stereocenters. The molecule has 0 saturated heterocycles. The van der Waals surface area contributed by atoms with Crippen LogP contribution in [-0.2, 0) is 21.9 Å². The molecule has 0 aromatic rings.